The molecule has 0 aliphatic carbocycles. The molecule has 3 N–H and O–H groups in total. The summed E-state index contributed by atoms with van der Waals surface area (Å²) in [6, 6.07) is 6.90. The largest absolute Gasteiger partial charge is 0.320 e. The van der Waals surface area contributed by atoms with Gasteiger partial charge in [0.25, 0.3) is 15.9 Å². The number of amides is 1. The molecule has 1 aromatic carbocycles. The van der Waals surface area contributed by atoms with Crippen molar-refractivity contribution in [2.75, 3.05) is 0 Å². The number of hydrogen-bond donors (Lipinski definition) is 2. The van der Waals surface area contributed by atoms with Gasteiger partial charge in [0.2, 0.25) is 0 Å². The molecule has 1 aromatic rings. The van der Waals surface area contributed by atoms with Crippen LogP contribution >= 0.6 is 0 Å². The smallest absolute Gasteiger partial charge is 0.264 e. The molecule has 0 saturated heterocycles. The standard InChI is InChI=1S/C12H18N2O3S/c1-3-9(2)11(13)12(15)14-18(16,17)10-7-5-4-6-8-10/h4-9,11H,3,13H2,1-2H3,(H,14,15)/t9-,11-/m0/s1. The van der Waals surface area contributed by atoms with Gasteiger partial charge >= 0.3 is 0 Å². The number of carbonyl (C=O) groups is 1. The van der Waals surface area contributed by atoms with Gasteiger partial charge in [-0.05, 0) is 18.1 Å². The van der Waals surface area contributed by atoms with E-state index in [-0.39, 0.29) is 10.8 Å². The summed E-state index contributed by atoms with van der Waals surface area (Å²) in [5.41, 5.74) is 5.68. The normalized spacial score (nSPS) is 14.8. The first-order chi connectivity index (χ1) is 8.38. The molecule has 100 valence electrons. The average Bonchev–Trinajstić information content (AvgIpc) is 2.37. The van der Waals surface area contributed by atoms with E-state index in [2.05, 4.69) is 0 Å². The van der Waals surface area contributed by atoms with Gasteiger partial charge in [-0.3, -0.25) is 4.79 Å². The first-order valence-corrected chi connectivity index (χ1v) is 7.24. The highest BCUT2D eigenvalue weighted by Gasteiger charge is 2.24. The topological polar surface area (TPSA) is 89.3 Å². The Balaban J connectivity index is 2.82. The van der Waals surface area contributed by atoms with Gasteiger partial charge in [-0.1, -0.05) is 38.5 Å². The van der Waals surface area contributed by atoms with E-state index in [0.717, 1.165) is 0 Å². The fourth-order valence-electron chi connectivity index (χ4n) is 1.37. The summed E-state index contributed by atoms with van der Waals surface area (Å²) < 4.78 is 25.7. The third-order valence-corrected chi connectivity index (χ3v) is 4.21. The quantitative estimate of drug-likeness (QED) is 0.830. The van der Waals surface area contributed by atoms with Crippen LogP contribution in [0.1, 0.15) is 20.3 Å². The summed E-state index contributed by atoms with van der Waals surface area (Å²) >= 11 is 0. The van der Waals surface area contributed by atoms with Gasteiger partial charge in [0.1, 0.15) is 0 Å². The number of carbonyl (C=O) groups excluding carboxylic acids is 1. The second-order valence-corrected chi connectivity index (χ2v) is 5.88. The predicted molar refractivity (Wildman–Crippen MR) is 69.2 cm³/mol. The molecule has 0 fully saturated rings. The molecule has 0 radical (unpaired) electrons. The van der Waals surface area contributed by atoms with Gasteiger partial charge in [0.05, 0.1) is 10.9 Å². The molecule has 6 heteroatoms. The minimum Gasteiger partial charge on any atom is -0.320 e. The molecule has 0 unspecified atom stereocenters. The van der Waals surface area contributed by atoms with Crippen molar-refractivity contribution in [3.63, 3.8) is 0 Å². The second kappa shape index (κ2) is 5.97. The van der Waals surface area contributed by atoms with Crippen molar-refractivity contribution in [2.45, 2.75) is 31.2 Å². The maximum absolute atomic E-state index is 11.9. The summed E-state index contributed by atoms with van der Waals surface area (Å²) in [6.07, 6.45) is 0.708. The zero-order valence-corrected chi connectivity index (χ0v) is 11.3. The molecule has 1 rings (SSSR count). The Labute approximate surface area is 107 Å². The summed E-state index contributed by atoms with van der Waals surface area (Å²) in [7, 11) is -3.83. The maximum Gasteiger partial charge on any atom is 0.264 e. The molecule has 0 saturated carbocycles. The van der Waals surface area contributed by atoms with E-state index in [1.54, 1.807) is 25.1 Å². The SMILES string of the molecule is CC[C@H](C)[C@H](N)C(=O)NS(=O)(=O)c1ccccc1. The lowest BCUT2D eigenvalue weighted by molar-refractivity contribution is -0.121. The molecule has 1 amide bonds. The average molecular weight is 270 g/mol. The Morgan fingerprint density at radius 3 is 2.39 bits per heavy atom. The molecule has 0 heterocycles. The van der Waals surface area contributed by atoms with Crippen LogP contribution in [-0.2, 0) is 14.8 Å². The molecular formula is C12H18N2O3S. The molecule has 0 bridgehead atoms. The fourth-order valence-corrected chi connectivity index (χ4v) is 2.41. The molecule has 18 heavy (non-hydrogen) atoms. The van der Waals surface area contributed by atoms with Crippen molar-refractivity contribution >= 4 is 15.9 Å². The second-order valence-electron chi connectivity index (χ2n) is 4.19. The zero-order chi connectivity index (χ0) is 13.8. The number of sulfonamides is 1. The van der Waals surface area contributed by atoms with E-state index in [1.165, 1.54) is 12.1 Å². The Hall–Kier alpha value is -1.40. The third kappa shape index (κ3) is 3.54. The predicted octanol–water partition coefficient (Wildman–Crippen LogP) is 0.865. The highest BCUT2D eigenvalue weighted by molar-refractivity contribution is 7.90. The molecule has 0 spiro atoms. The van der Waals surface area contributed by atoms with E-state index < -0.39 is 22.0 Å². The first kappa shape index (κ1) is 14.7. The minimum absolute atomic E-state index is 0.0506. The molecule has 0 aromatic heterocycles. The Morgan fingerprint density at radius 1 is 1.33 bits per heavy atom. The van der Waals surface area contributed by atoms with Crippen molar-refractivity contribution in [3.8, 4) is 0 Å². The molecule has 5 nitrogen and oxygen atoms in total. The van der Waals surface area contributed by atoms with Crippen molar-refractivity contribution in [1.82, 2.24) is 4.72 Å². The Kier molecular flexibility index (Phi) is 4.86. The fraction of sp³-hybridized carbons (Fsp3) is 0.417. The Bertz CT molecular complexity index is 499. The summed E-state index contributed by atoms with van der Waals surface area (Å²) in [5, 5.41) is 0. The van der Waals surface area contributed by atoms with Crippen molar-refractivity contribution < 1.29 is 13.2 Å². The van der Waals surface area contributed by atoms with E-state index in [0.29, 0.717) is 6.42 Å². The van der Waals surface area contributed by atoms with Gasteiger partial charge in [-0.2, -0.15) is 0 Å². The maximum atomic E-state index is 11.9. The van der Waals surface area contributed by atoms with Crippen LogP contribution in [0.15, 0.2) is 35.2 Å². The van der Waals surface area contributed by atoms with Gasteiger partial charge in [0.15, 0.2) is 0 Å². The van der Waals surface area contributed by atoms with Crippen LogP contribution < -0.4 is 10.5 Å². The molecule has 0 aliphatic heterocycles. The molecule has 2 atom stereocenters. The van der Waals surface area contributed by atoms with Gasteiger partial charge in [-0.15, -0.1) is 0 Å². The lowest BCUT2D eigenvalue weighted by Crippen LogP contribution is -2.46. The van der Waals surface area contributed by atoms with E-state index >= 15 is 0 Å². The Morgan fingerprint density at radius 2 is 1.89 bits per heavy atom. The number of nitrogens with one attached hydrogen (secondary N) is 1. The molecular weight excluding hydrogens is 252 g/mol. The van der Waals surface area contributed by atoms with Crippen molar-refractivity contribution in [1.29, 1.82) is 0 Å². The van der Waals surface area contributed by atoms with Crippen LogP contribution in [0.5, 0.6) is 0 Å². The van der Waals surface area contributed by atoms with Crippen molar-refractivity contribution in [3.05, 3.63) is 30.3 Å². The van der Waals surface area contributed by atoms with Gasteiger partial charge < -0.3 is 5.73 Å². The first-order valence-electron chi connectivity index (χ1n) is 5.75. The summed E-state index contributed by atoms with van der Waals surface area (Å²) in [6.45, 7) is 3.70. The van der Waals surface area contributed by atoms with Crippen LogP contribution in [0.4, 0.5) is 0 Å². The van der Waals surface area contributed by atoms with E-state index in [4.69, 9.17) is 5.73 Å². The van der Waals surface area contributed by atoms with E-state index in [1.807, 2.05) is 11.6 Å². The number of rotatable bonds is 5. The zero-order valence-electron chi connectivity index (χ0n) is 10.5. The number of benzene rings is 1. The van der Waals surface area contributed by atoms with Crippen LogP contribution in [0.2, 0.25) is 0 Å². The highest BCUT2D eigenvalue weighted by Crippen LogP contribution is 2.09. The monoisotopic (exact) mass is 270 g/mol. The van der Waals surface area contributed by atoms with Gasteiger partial charge in [0, 0.05) is 0 Å². The van der Waals surface area contributed by atoms with Crippen molar-refractivity contribution in [2.24, 2.45) is 11.7 Å². The van der Waals surface area contributed by atoms with E-state index in [9.17, 15) is 13.2 Å². The number of hydrogen-bond acceptors (Lipinski definition) is 4. The lowest BCUT2D eigenvalue weighted by atomic mass is 10.00. The summed E-state index contributed by atoms with van der Waals surface area (Å²) in [4.78, 5) is 11.8. The minimum atomic E-state index is -3.83. The lowest BCUT2D eigenvalue weighted by Gasteiger charge is -2.17. The van der Waals surface area contributed by atoms with Gasteiger partial charge in [-0.25, -0.2) is 13.1 Å². The van der Waals surface area contributed by atoms with Crippen LogP contribution in [0.3, 0.4) is 0 Å². The van der Waals surface area contributed by atoms with Crippen LogP contribution in [0, 0.1) is 5.92 Å². The summed E-state index contributed by atoms with van der Waals surface area (Å²) in [5.74, 6) is -0.746. The number of nitrogens with two attached hydrogens (primary N) is 1. The highest BCUT2D eigenvalue weighted by atomic mass is 32.2. The van der Waals surface area contributed by atoms with Crippen LogP contribution in [-0.4, -0.2) is 20.4 Å². The van der Waals surface area contributed by atoms with Crippen LogP contribution in [0.25, 0.3) is 0 Å². The molecule has 0 aliphatic rings. The third-order valence-electron chi connectivity index (χ3n) is 2.85.